The minimum absolute atomic E-state index is 0.291. The highest BCUT2D eigenvalue weighted by Crippen LogP contribution is 2.29. The molecule has 1 fully saturated rings. The molecule has 1 atom stereocenters. The normalized spacial score (nSPS) is 15.9. The Labute approximate surface area is 174 Å². The van der Waals surface area contributed by atoms with E-state index >= 15 is 0 Å². The van der Waals surface area contributed by atoms with Gasteiger partial charge in [0, 0.05) is 23.6 Å². The molecule has 2 aromatic rings. The van der Waals surface area contributed by atoms with E-state index in [1.54, 1.807) is 32.3 Å². The number of carbonyl (C=O) groups is 2. The minimum Gasteiger partial charge on any atom is -0.317 e. The summed E-state index contributed by atoms with van der Waals surface area (Å²) >= 11 is 11.8. The maximum atomic E-state index is 12.3. The maximum absolute atomic E-state index is 12.3. The summed E-state index contributed by atoms with van der Waals surface area (Å²) in [5.74, 6) is -0.291. The Hall–Kier alpha value is -2.59. The van der Waals surface area contributed by atoms with Gasteiger partial charge in [-0.25, -0.2) is 9.69 Å². The number of urea groups is 1. The molecule has 0 spiro atoms. The molecule has 0 bridgehead atoms. The Morgan fingerprint density at radius 3 is 2.18 bits per heavy atom. The first-order valence-electron chi connectivity index (χ1n) is 8.46. The second-order valence-corrected chi connectivity index (χ2v) is 7.12. The largest absolute Gasteiger partial charge is 0.331 e. The Kier molecular flexibility index (Phi) is 7.41. The summed E-state index contributed by atoms with van der Waals surface area (Å²) in [4.78, 5) is 26.9. The van der Waals surface area contributed by atoms with Gasteiger partial charge in [0.1, 0.15) is 6.04 Å². The molecule has 8 heteroatoms. The summed E-state index contributed by atoms with van der Waals surface area (Å²) < 4.78 is 0. The molecule has 1 N–H and O–H groups in total. The van der Waals surface area contributed by atoms with Gasteiger partial charge in [-0.15, -0.1) is 0 Å². The van der Waals surface area contributed by atoms with E-state index in [-0.39, 0.29) is 11.9 Å². The molecule has 146 valence electrons. The van der Waals surface area contributed by atoms with E-state index in [0.717, 1.165) is 10.5 Å². The van der Waals surface area contributed by atoms with Crippen LogP contribution in [0.25, 0.3) is 0 Å². The molecule has 6 nitrogen and oxygen atoms in total. The number of aryl methyl sites for hydroxylation is 1. The first-order chi connectivity index (χ1) is 13.3. The SMILES string of the molecule is CNC[C@H]1C(=O)N(c2cc(Cl)cc(Cl)c2)C(=O)N1C.Cc1ccc(C#N)cc1. The molecule has 3 rings (SSSR count). The topological polar surface area (TPSA) is 76.4 Å². The number of hydrogen-bond acceptors (Lipinski definition) is 4. The number of nitrogens with one attached hydrogen (secondary N) is 1. The van der Waals surface area contributed by atoms with Crippen LogP contribution in [0.3, 0.4) is 0 Å². The van der Waals surface area contributed by atoms with Crippen LogP contribution in [0.4, 0.5) is 10.5 Å². The molecule has 2 aromatic carbocycles. The van der Waals surface area contributed by atoms with E-state index < -0.39 is 6.04 Å². The molecule has 1 heterocycles. The number of imide groups is 1. The molecular weight excluding hydrogens is 399 g/mol. The highest BCUT2D eigenvalue weighted by atomic mass is 35.5. The molecular formula is C20H20Cl2N4O2. The predicted molar refractivity (Wildman–Crippen MR) is 111 cm³/mol. The zero-order chi connectivity index (χ0) is 20.8. The summed E-state index contributed by atoms with van der Waals surface area (Å²) in [7, 11) is 3.32. The lowest BCUT2D eigenvalue weighted by atomic mass is 10.2. The summed E-state index contributed by atoms with van der Waals surface area (Å²) in [5, 5.41) is 12.0. The van der Waals surface area contributed by atoms with Crippen molar-refractivity contribution in [1.82, 2.24) is 10.2 Å². The lowest BCUT2D eigenvalue weighted by Gasteiger charge is -2.15. The van der Waals surface area contributed by atoms with Crippen molar-refractivity contribution in [1.29, 1.82) is 5.26 Å². The van der Waals surface area contributed by atoms with Gasteiger partial charge in [-0.2, -0.15) is 5.26 Å². The quantitative estimate of drug-likeness (QED) is 0.767. The van der Waals surface area contributed by atoms with Gasteiger partial charge >= 0.3 is 6.03 Å². The van der Waals surface area contributed by atoms with Gasteiger partial charge in [-0.1, -0.05) is 40.9 Å². The van der Waals surface area contributed by atoms with Gasteiger partial charge in [0.2, 0.25) is 0 Å². The van der Waals surface area contributed by atoms with Gasteiger partial charge in [0.15, 0.2) is 0 Å². The first-order valence-corrected chi connectivity index (χ1v) is 9.22. The van der Waals surface area contributed by atoms with Crippen LogP contribution in [0.1, 0.15) is 11.1 Å². The number of rotatable bonds is 3. The number of halogens is 2. The summed E-state index contributed by atoms with van der Waals surface area (Å²) in [6, 6.07) is 13.3. The van der Waals surface area contributed by atoms with E-state index in [0.29, 0.717) is 22.3 Å². The van der Waals surface area contributed by atoms with Crippen LogP contribution in [0, 0.1) is 18.3 Å². The smallest absolute Gasteiger partial charge is 0.317 e. The van der Waals surface area contributed by atoms with E-state index in [9.17, 15) is 9.59 Å². The third-order valence-corrected chi connectivity index (χ3v) is 4.59. The van der Waals surface area contributed by atoms with Crippen molar-refractivity contribution >= 4 is 40.8 Å². The minimum atomic E-state index is -0.518. The van der Waals surface area contributed by atoms with Crippen molar-refractivity contribution in [3.05, 3.63) is 63.6 Å². The maximum Gasteiger partial charge on any atom is 0.331 e. The number of hydrogen-bond donors (Lipinski definition) is 1. The molecule has 0 unspecified atom stereocenters. The average molecular weight is 419 g/mol. The fraction of sp³-hybridized carbons (Fsp3) is 0.250. The standard InChI is InChI=1S/C12H13Cl2N3O2.C8H7N/c1-15-6-10-11(18)17(12(19)16(10)2)9-4-7(13)3-8(14)5-9;1-7-2-4-8(6-9)5-3-7/h3-5,10,15H,6H2,1-2H3;2-5H,1H3/t10-;/m0./s1. The van der Waals surface area contributed by atoms with Gasteiger partial charge < -0.3 is 10.2 Å². The van der Waals surface area contributed by atoms with Crippen molar-refractivity contribution in [3.8, 4) is 6.07 Å². The van der Waals surface area contributed by atoms with E-state index in [1.165, 1.54) is 10.5 Å². The molecule has 1 aliphatic rings. The monoisotopic (exact) mass is 418 g/mol. The van der Waals surface area contributed by atoms with Crippen molar-refractivity contribution in [2.45, 2.75) is 13.0 Å². The lowest BCUT2D eigenvalue weighted by Crippen LogP contribution is -2.39. The zero-order valence-electron chi connectivity index (χ0n) is 15.7. The van der Waals surface area contributed by atoms with Crippen LogP contribution in [0.2, 0.25) is 10.0 Å². The third kappa shape index (κ3) is 5.02. The highest BCUT2D eigenvalue weighted by molar-refractivity contribution is 6.35. The second-order valence-electron chi connectivity index (χ2n) is 6.25. The average Bonchev–Trinajstić information content (AvgIpc) is 2.86. The summed E-state index contributed by atoms with van der Waals surface area (Å²) in [5.41, 5.74) is 2.30. The van der Waals surface area contributed by atoms with Gasteiger partial charge in [0.05, 0.1) is 17.3 Å². The Morgan fingerprint density at radius 1 is 1.11 bits per heavy atom. The number of carbonyl (C=O) groups excluding carboxylic acids is 2. The van der Waals surface area contributed by atoms with Gasteiger partial charge in [-0.05, 0) is 44.3 Å². The molecule has 0 aliphatic carbocycles. The van der Waals surface area contributed by atoms with E-state index in [4.69, 9.17) is 28.5 Å². The second kappa shape index (κ2) is 9.56. The fourth-order valence-electron chi connectivity index (χ4n) is 2.65. The van der Waals surface area contributed by atoms with Gasteiger partial charge in [-0.3, -0.25) is 4.79 Å². The molecule has 0 radical (unpaired) electrons. The lowest BCUT2D eigenvalue weighted by molar-refractivity contribution is -0.119. The van der Waals surface area contributed by atoms with Crippen molar-refractivity contribution in [2.24, 2.45) is 0 Å². The van der Waals surface area contributed by atoms with Crippen LogP contribution < -0.4 is 10.2 Å². The molecule has 1 saturated heterocycles. The highest BCUT2D eigenvalue weighted by Gasteiger charge is 2.43. The summed E-state index contributed by atoms with van der Waals surface area (Å²) in [6.07, 6.45) is 0. The Bertz CT molecular complexity index is 889. The molecule has 0 saturated carbocycles. The number of benzene rings is 2. The van der Waals surface area contributed by atoms with Crippen LogP contribution in [0.15, 0.2) is 42.5 Å². The first kappa shape index (κ1) is 21.7. The van der Waals surface area contributed by atoms with Crippen LogP contribution in [0.5, 0.6) is 0 Å². The van der Waals surface area contributed by atoms with E-state index in [2.05, 4.69) is 11.4 Å². The molecule has 28 heavy (non-hydrogen) atoms. The molecule has 3 amide bonds. The van der Waals surface area contributed by atoms with Crippen molar-refractivity contribution in [2.75, 3.05) is 25.5 Å². The van der Waals surface area contributed by atoms with E-state index in [1.807, 2.05) is 31.2 Å². The van der Waals surface area contributed by atoms with Gasteiger partial charge in [0.25, 0.3) is 5.91 Å². The molecule has 1 aliphatic heterocycles. The van der Waals surface area contributed by atoms with Crippen LogP contribution in [-0.2, 0) is 4.79 Å². The number of likely N-dealkylation sites (N-methyl/N-ethyl adjacent to an activating group) is 2. The third-order valence-electron chi connectivity index (χ3n) is 4.15. The van der Waals surface area contributed by atoms with Crippen LogP contribution in [-0.4, -0.2) is 43.5 Å². The fourth-order valence-corrected chi connectivity index (χ4v) is 3.17. The Morgan fingerprint density at radius 2 is 1.68 bits per heavy atom. The summed E-state index contributed by atoms with van der Waals surface area (Å²) in [6.45, 7) is 2.40. The zero-order valence-corrected chi connectivity index (χ0v) is 17.3. The van der Waals surface area contributed by atoms with Crippen molar-refractivity contribution in [3.63, 3.8) is 0 Å². The number of nitriles is 1. The van der Waals surface area contributed by atoms with Crippen molar-refractivity contribution < 1.29 is 9.59 Å². The number of amides is 3. The predicted octanol–water partition coefficient (Wildman–Crippen LogP) is 3.85. The van der Waals surface area contributed by atoms with Crippen LogP contribution >= 0.6 is 23.2 Å². The Balaban J connectivity index is 0.000000261. The number of nitrogens with zero attached hydrogens (tertiary/aromatic N) is 3. The molecule has 0 aromatic heterocycles. The number of anilines is 1.